The standard InChI is InChI=1S/C54H42N2/c1-53(2)46-20-12-11-19-42(46)43-33-44-45-31-41(32-49-52(45)56(51(44)34-48(43)53)50-22-14-13-21-47(50)54(49,3)4)55(39-27-23-37(24-28-39)35-15-7-5-8-16-35)40-29-25-38(26-30-40)36-17-9-6-10-18-36/h5-34H,1-4H3. The zero-order valence-corrected chi connectivity index (χ0v) is 32.2. The number of nitrogens with zero attached hydrogens (tertiary/aromatic N) is 2. The second-order valence-electron chi connectivity index (χ2n) is 16.6. The summed E-state index contributed by atoms with van der Waals surface area (Å²) in [7, 11) is 0. The molecule has 56 heavy (non-hydrogen) atoms. The van der Waals surface area contributed by atoms with Crippen LogP contribution in [0.25, 0.3) is 60.9 Å². The lowest BCUT2D eigenvalue weighted by Crippen LogP contribution is -2.26. The average Bonchev–Trinajstić information content (AvgIpc) is 3.68. The molecule has 2 nitrogen and oxygen atoms in total. The van der Waals surface area contributed by atoms with Crippen molar-refractivity contribution in [3.63, 3.8) is 0 Å². The van der Waals surface area contributed by atoms with Crippen LogP contribution >= 0.6 is 0 Å². The Hall–Kier alpha value is -6.64. The highest BCUT2D eigenvalue weighted by Crippen LogP contribution is 2.54. The Balaban J connectivity index is 1.19. The SMILES string of the molecule is CC1(C)c2ccccc2-c2cc3c4cc(N(c5ccc(-c6ccccc6)cc5)c5ccc(-c6ccccc6)cc5)cc5c4n(c3cc21)-c1ccccc1C5(C)C. The highest BCUT2D eigenvalue weighted by atomic mass is 15.1. The van der Waals surface area contributed by atoms with Crippen LogP contribution in [0.2, 0.25) is 0 Å². The maximum atomic E-state index is 2.57. The third kappa shape index (κ3) is 4.69. The number of hydrogen-bond donors (Lipinski definition) is 0. The summed E-state index contributed by atoms with van der Waals surface area (Å²) in [6.07, 6.45) is 0. The lowest BCUT2D eigenvalue weighted by atomic mass is 9.74. The van der Waals surface area contributed by atoms with Gasteiger partial charge in [0.05, 0.1) is 16.7 Å². The normalized spacial score (nSPS) is 14.4. The second kappa shape index (κ2) is 11.9. The van der Waals surface area contributed by atoms with Gasteiger partial charge in [-0.2, -0.15) is 0 Å². The monoisotopic (exact) mass is 718 g/mol. The molecular weight excluding hydrogens is 677 g/mol. The molecule has 0 radical (unpaired) electrons. The lowest BCUT2D eigenvalue weighted by Gasteiger charge is -2.36. The molecule has 1 aliphatic carbocycles. The molecule has 0 fully saturated rings. The third-order valence-corrected chi connectivity index (χ3v) is 12.8. The molecule has 1 aromatic heterocycles. The van der Waals surface area contributed by atoms with Crippen LogP contribution in [0, 0.1) is 0 Å². The first-order valence-corrected chi connectivity index (χ1v) is 19.8. The summed E-state index contributed by atoms with van der Waals surface area (Å²) >= 11 is 0. The van der Waals surface area contributed by atoms with E-state index < -0.39 is 0 Å². The quantitative estimate of drug-likeness (QED) is 0.172. The second-order valence-corrected chi connectivity index (χ2v) is 16.6. The number of aromatic nitrogens is 1. The highest BCUT2D eigenvalue weighted by Gasteiger charge is 2.39. The summed E-state index contributed by atoms with van der Waals surface area (Å²) in [5.74, 6) is 0. The first kappa shape index (κ1) is 32.8. The fraction of sp³-hybridized carbons (Fsp3) is 0.111. The van der Waals surface area contributed by atoms with Crippen molar-refractivity contribution in [2.75, 3.05) is 4.90 Å². The Morgan fingerprint density at radius 2 is 0.893 bits per heavy atom. The minimum Gasteiger partial charge on any atom is -0.310 e. The van der Waals surface area contributed by atoms with E-state index >= 15 is 0 Å². The van der Waals surface area contributed by atoms with Gasteiger partial charge in [-0.05, 0) is 110 Å². The molecule has 0 amide bonds. The molecule has 268 valence electrons. The van der Waals surface area contributed by atoms with Crippen molar-refractivity contribution >= 4 is 38.9 Å². The van der Waals surface area contributed by atoms with E-state index in [0.29, 0.717) is 0 Å². The van der Waals surface area contributed by atoms with Crippen molar-refractivity contribution in [1.29, 1.82) is 0 Å². The average molecular weight is 719 g/mol. The zero-order chi connectivity index (χ0) is 37.8. The number of benzene rings is 8. The summed E-state index contributed by atoms with van der Waals surface area (Å²) in [5, 5.41) is 2.58. The van der Waals surface area contributed by atoms with E-state index in [-0.39, 0.29) is 10.8 Å². The van der Waals surface area contributed by atoms with E-state index in [1.165, 1.54) is 83.1 Å². The largest absolute Gasteiger partial charge is 0.310 e. The van der Waals surface area contributed by atoms with Crippen molar-refractivity contribution in [3.05, 3.63) is 204 Å². The van der Waals surface area contributed by atoms with Crippen LogP contribution in [0.4, 0.5) is 17.1 Å². The van der Waals surface area contributed by atoms with Crippen LogP contribution < -0.4 is 4.90 Å². The number of anilines is 3. The van der Waals surface area contributed by atoms with Crippen LogP contribution in [0.5, 0.6) is 0 Å². The first-order valence-electron chi connectivity index (χ1n) is 19.8. The maximum Gasteiger partial charge on any atom is 0.0583 e. The van der Waals surface area contributed by atoms with Gasteiger partial charge in [0.25, 0.3) is 0 Å². The van der Waals surface area contributed by atoms with Crippen molar-refractivity contribution in [1.82, 2.24) is 4.57 Å². The van der Waals surface area contributed by atoms with Crippen LogP contribution in [0.1, 0.15) is 49.9 Å². The van der Waals surface area contributed by atoms with Gasteiger partial charge in [0.15, 0.2) is 0 Å². The van der Waals surface area contributed by atoms with Crippen molar-refractivity contribution in [3.8, 4) is 39.1 Å². The van der Waals surface area contributed by atoms with E-state index in [1.54, 1.807) is 0 Å². The van der Waals surface area contributed by atoms with Gasteiger partial charge in [-0.1, -0.05) is 155 Å². The van der Waals surface area contributed by atoms with E-state index in [2.05, 4.69) is 219 Å². The van der Waals surface area contributed by atoms with Gasteiger partial charge in [-0.15, -0.1) is 0 Å². The molecule has 2 aliphatic rings. The Morgan fingerprint density at radius 3 is 1.52 bits per heavy atom. The predicted octanol–water partition coefficient (Wildman–Crippen LogP) is 14.5. The fourth-order valence-electron chi connectivity index (χ4n) is 9.84. The minimum atomic E-state index is -0.232. The van der Waals surface area contributed by atoms with Crippen LogP contribution in [-0.2, 0) is 10.8 Å². The molecule has 11 rings (SSSR count). The van der Waals surface area contributed by atoms with E-state index in [0.717, 1.165) is 17.1 Å². The summed E-state index contributed by atoms with van der Waals surface area (Å²) < 4.78 is 2.57. The number of hydrogen-bond acceptors (Lipinski definition) is 1. The summed E-state index contributed by atoms with van der Waals surface area (Å²) in [4.78, 5) is 2.45. The molecule has 9 aromatic rings. The molecule has 2 heteroatoms. The molecule has 1 aliphatic heterocycles. The van der Waals surface area contributed by atoms with E-state index in [4.69, 9.17) is 0 Å². The topological polar surface area (TPSA) is 8.17 Å². The van der Waals surface area contributed by atoms with Crippen LogP contribution in [-0.4, -0.2) is 4.57 Å². The molecule has 0 atom stereocenters. The molecule has 2 heterocycles. The van der Waals surface area contributed by atoms with Gasteiger partial charge in [-0.3, -0.25) is 0 Å². The minimum absolute atomic E-state index is 0.0904. The lowest BCUT2D eigenvalue weighted by molar-refractivity contribution is 0.630. The van der Waals surface area contributed by atoms with Crippen molar-refractivity contribution in [2.45, 2.75) is 38.5 Å². The Labute approximate surface area is 328 Å². The zero-order valence-electron chi connectivity index (χ0n) is 32.2. The molecule has 0 unspecified atom stereocenters. The van der Waals surface area contributed by atoms with E-state index in [9.17, 15) is 0 Å². The Bertz CT molecular complexity index is 2900. The van der Waals surface area contributed by atoms with Gasteiger partial charge in [-0.25, -0.2) is 0 Å². The van der Waals surface area contributed by atoms with Gasteiger partial charge in [0.1, 0.15) is 0 Å². The molecule has 0 saturated carbocycles. The third-order valence-electron chi connectivity index (χ3n) is 12.8. The molecule has 0 spiro atoms. The molecule has 8 aromatic carbocycles. The van der Waals surface area contributed by atoms with Gasteiger partial charge in [0, 0.05) is 38.7 Å². The Morgan fingerprint density at radius 1 is 0.375 bits per heavy atom. The highest BCUT2D eigenvalue weighted by molar-refractivity contribution is 6.15. The number of para-hydroxylation sites is 1. The van der Waals surface area contributed by atoms with Crippen molar-refractivity contribution in [2.24, 2.45) is 0 Å². The maximum absolute atomic E-state index is 2.57. The first-order chi connectivity index (χ1) is 27.3. The van der Waals surface area contributed by atoms with Crippen LogP contribution in [0.3, 0.4) is 0 Å². The van der Waals surface area contributed by atoms with E-state index in [1.807, 2.05) is 0 Å². The van der Waals surface area contributed by atoms with Gasteiger partial charge < -0.3 is 9.47 Å². The summed E-state index contributed by atoms with van der Waals surface area (Å²) in [5.41, 5.74) is 19.9. The molecule has 0 N–H and O–H groups in total. The smallest absolute Gasteiger partial charge is 0.0583 e. The number of rotatable bonds is 5. The molecule has 0 saturated heterocycles. The fourth-order valence-corrected chi connectivity index (χ4v) is 9.84. The van der Waals surface area contributed by atoms with Gasteiger partial charge >= 0.3 is 0 Å². The Kier molecular flexibility index (Phi) is 6.98. The molecular formula is C54H42N2. The molecule has 0 bridgehead atoms. The van der Waals surface area contributed by atoms with Crippen LogP contribution in [0.15, 0.2) is 182 Å². The predicted molar refractivity (Wildman–Crippen MR) is 236 cm³/mol. The summed E-state index contributed by atoms with van der Waals surface area (Å²) in [6, 6.07) is 67.4. The number of fused-ring (bicyclic) bond motifs is 8. The summed E-state index contributed by atoms with van der Waals surface area (Å²) in [6.45, 7) is 9.57. The van der Waals surface area contributed by atoms with Gasteiger partial charge in [0.2, 0.25) is 0 Å². The van der Waals surface area contributed by atoms with Crippen molar-refractivity contribution < 1.29 is 0 Å².